The maximum atomic E-state index is 11.4. The van der Waals surface area contributed by atoms with Crippen molar-refractivity contribution in [3.05, 3.63) is 30.1 Å². The van der Waals surface area contributed by atoms with Gasteiger partial charge in [-0.2, -0.15) is 0 Å². The lowest BCUT2D eigenvalue weighted by Crippen LogP contribution is -2.11. The van der Waals surface area contributed by atoms with E-state index in [1.54, 1.807) is 22.7 Å². The Bertz CT molecular complexity index is 607. The minimum Gasteiger partial charge on any atom is -0.476 e. The lowest BCUT2D eigenvalue weighted by Gasteiger charge is -2.07. The molecule has 0 aromatic carbocycles. The van der Waals surface area contributed by atoms with Crippen LogP contribution in [-0.4, -0.2) is 40.2 Å². The van der Waals surface area contributed by atoms with Gasteiger partial charge in [-0.25, -0.2) is 9.78 Å². The number of nitrogens with one attached hydrogen (secondary N) is 1. The summed E-state index contributed by atoms with van der Waals surface area (Å²) in [5.41, 5.74) is 0.780. The zero-order chi connectivity index (χ0) is 15.2. The minimum absolute atomic E-state index is 0.161. The molecule has 0 radical (unpaired) electrons. The predicted octanol–water partition coefficient (Wildman–Crippen LogP) is 2.51. The van der Waals surface area contributed by atoms with E-state index >= 15 is 0 Å². The van der Waals surface area contributed by atoms with Gasteiger partial charge in [-0.1, -0.05) is 19.9 Å². The number of nitrogens with zero attached hydrogens (tertiary/aromatic N) is 2. The minimum atomic E-state index is -0.993. The second-order valence-electron chi connectivity index (χ2n) is 5.29. The summed E-state index contributed by atoms with van der Waals surface area (Å²) in [6.45, 7) is 6.24. The Morgan fingerprint density at radius 3 is 3.00 bits per heavy atom. The van der Waals surface area contributed by atoms with Gasteiger partial charge in [0.15, 0.2) is 11.5 Å². The fraction of sp³-hybridized carbons (Fsp3) is 0.467. The molecule has 2 aromatic rings. The van der Waals surface area contributed by atoms with Crippen molar-refractivity contribution in [2.24, 2.45) is 5.92 Å². The largest absolute Gasteiger partial charge is 0.476 e. The van der Waals surface area contributed by atoms with Gasteiger partial charge >= 0.3 is 5.97 Å². The fourth-order valence-corrected chi connectivity index (χ4v) is 2.02. The van der Waals surface area contributed by atoms with Crippen LogP contribution in [0, 0.1) is 5.92 Å². The fourth-order valence-electron chi connectivity index (χ4n) is 2.02. The molecule has 6 nitrogen and oxygen atoms in total. The Morgan fingerprint density at radius 1 is 1.48 bits per heavy atom. The second-order valence-corrected chi connectivity index (χ2v) is 5.29. The van der Waals surface area contributed by atoms with Crippen LogP contribution in [0.15, 0.2) is 24.4 Å². The van der Waals surface area contributed by atoms with Crippen LogP contribution in [-0.2, 0) is 4.74 Å². The summed E-state index contributed by atoms with van der Waals surface area (Å²) in [5.74, 6) is -0.0696. The standard InChI is InChI=1S/C15H21N3O3/c1-11(2)10-21-9-5-7-16-14-13(15(19)20)18-8-4-3-6-12(18)17-14/h3-4,6,8,11,16H,5,7,9-10H2,1-2H3,(H,19,20). The van der Waals surface area contributed by atoms with Crippen LogP contribution >= 0.6 is 0 Å². The van der Waals surface area contributed by atoms with Crippen LogP contribution < -0.4 is 5.32 Å². The average molecular weight is 291 g/mol. The van der Waals surface area contributed by atoms with Crippen molar-refractivity contribution < 1.29 is 14.6 Å². The van der Waals surface area contributed by atoms with Crippen molar-refractivity contribution in [3.8, 4) is 0 Å². The number of ether oxygens (including phenoxy) is 1. The lowest BCUT2D eigenvalue weighted by atomic mass is 10.2. The second kappa shape index (κ2) is 7.08. The van der Waals surface area contributed by atoms with Gasteiger partial charge in [-0.3, -0.25) is 4.40 Å². The third kappa shape index (κ3) is 3.95. The summed E-state index contributed by atoms with van der Waals surface area (Å²) >= 11 is 0. The van der Waals surface area contributed by atoms with E-state index in [2.05, 4.69) is 24.1 Å². The maximum absolute atomic E-state index is 11.4. The van der Waals surface area contributed by atoms with Crippen molar-refractivity contribution >= 4 is 17.4 Å². The molecule has 6 heteroatoms. The maximum Gasteiger partial charge on any atom is 0.356 e. The molecule has 0 fully saturated rings. The summed E-state index contributed by atoms with van der Waals surface area (Å²) in [5, 5.41) is 12.4. The molecule has 2 N–H and O–H groups in total. The van der Waals surface area contributed by atoms with E-state index in [4.69, 9.17) is 4.74 Å². The normalized spacial score (nSPS) is 11.2. The first kappa shape index (κ1) is 15.3. The number of fused-ring (bicyclic) bond motifs is 1. The van der Waals surface area contributed by atoms with Gasteiger partial charge in [-0.05, 0) is 24.5 Å². The highest BCUT2D eigenvalue weighted by Crippen LogP contribution is 2.17. The monoisotopic (exact) mass is 291 g/mol. The van der Waals surface area contributed by atoms with E-state index in [1.807, 2.05) is 6.07 Å². The number of carboxylic acid groups (broad SMARTS) is 1. The van der Waals surface area contributed by atoms with Crippen LogP contribution in [0.25, 0.3) is 5.65 Å². The van der Waals surface area contributed by atoms with E-state index in [0.717, 1.165) is 13.0 Å². The molecule has 2 rings (SSSR count). The highest BCUT2D eigenvalue weighted by Gasteiger charge is 2.17. The summed E-state index contributed by atoms with van der Waals surface area (Å²) in [6, 6.07) is 5.39. The first-order valence-electron chi connectivity index (χ1n) is 7.11. The van der Waals surface area contributed by atoms with Gasteiger partial charge < -0.3 is 15.2 Å². The number of carbonyl (C=O) groups is 1. The van der Waals surface area contributed by atoms with E-state index in [9.17, 15) is 9.90 Å². The molecule has 0 bridgehead atoms. The van der Waals surface area contributed by atoms with E-state index in [-0.39, 0.29) is 5.69 Å². The third-order valence-electron chi connectivity index (χ3n) is 2.94. The number of hydrogen-bond donors (Lipinski definition) is 2. The van der Waals surface area contributed by atoms with E-state index < -0.39 is 5.97 Å². The molecule has 0 aliphatic rings. The SMILES string of the molecule is CC(C)COCCCNc1nc2ccccn2c1C(=O)O. The van der Waals surface area contributed by atoms with Gasteiger partial charge in [0, 0.05) is 26.0 Å². The van der Waals surface area contributed by atoms with Gasteiger partial charge in [0.2, 0.25) is 0 Å². The number of carboxylic acids is 1. The molecule has 0 amide bonds. The Balaban J connectivity index is 1.95. The van der Waals surface area contributed by atoms with Crippen molar-refractivity contribution in [2.75, 3.05) is 25.1 Å². The molecule has 0 saturated carbocycles. The van der Waals surface area contributed by atoms with Gasteiger partial charge in [0.1, 0.15) is 5.65 Å². The zero-order valence-electron chi connectivity index (χ0n) is 12.4. The number of imidazole rings is 1. The third-order valence-corrected chi connectivity index (χ3v) is 2.94. The van der Waals surface area contributed by atoms with Crippen molar-refractivity contribution in [1.82, 2.24) is 9.38 Å². The van der Waals surface area contributed by atoms with Crippen molar-refractivity contribution in [2.45, 2.75) is 20.3 Å². The molecule has 114 valence electrons. The van der Waals surface area contributed by atoms with Gasteiger partial charge in [0.25, 0.3) is 0 Å². The summed E-state index contributed by atoms with van der Waals surface area (Å²) in [4.78, 5) is 15.7. The molecule has 0 aliphatic carbocycles. The number of anilines is 1. The Labute approximate surface area is 123 Å². The Hall–Kier alpha value is -2.08. The Kier molecular flexibility index (Phi) is 5.16. The molecular weight excluding hydrogens is 270 g/mol. The van der Waals surface area contributed by atoms with Crippen molar-refractivity contribution in [1.29, 1.82) is 0 Å². The van der Waals surface area contributed by atoms with Crippen LogP contribution in [0.4, 0.5) is 5.82 Å². The first-order chi connectivity index (χ1) is 10.1. The van der Waals surface area contributed by atoms with Crippen molar-refractivity contribution in [3.63, 3.8) is 0 Å². The summed E-state index contributed by atoms with van der Waals surface area (Å²) in [7, 11) is 0. The number of rotatable bonds is 8. The molecule has 0 atom stereocenters. The number of hydrogen-bond acceptors (Lipinski definition) is 4. The topological polar surface area (TPSA) is 75.9 Å². The number of pyridine rings is 1. The van der Waals surface area contributed by atoms with Crippen LogP contribution in [0.1, 0.15) is 30.8 Å². The molecular formula is C15H21N3O3. The highest BCUT2D eigenvalue weighted by atomic mass is 16.5. The van der Waals surface area contributed by atoms with E-state index in [0.29, 0.717) is 30.5 Å². The van der Waals surface area contributed by atoms with Crippen LogP contribution in [0.3, 0.4) is 0 Å². The van der Waals surface area contributed by atoms with Crippen LogP contribution in [0.5, 0.6) is 0 Å². The number of aromatic nitrogens is 2. The zero-order valence-corrected chi connectivity index (χ0v) is 12.4. The molecule has 0 saturated heterocycles. The summed E-state index contributed by atoms with van der Waals surface area (Å²) in [6.07, 6.45) is 2.50. The first-order valence-corrected chi connectivity index (χ1v) is 7.11. The number of aromatic carboxylic acids is 1. The Morgan fingerprint density at radius 2 is 2.29 bits per heavy atom. The molecule has 21 heavy (non-hydrogen) atoms. The molecule has 0 unspecified atom stereocenters. The van der Waals surface area contributed by atoms with Gasteiger partial charge in [-0.15, -0.1) is 0 Å². The molecule has 2 aromatic heterocycles. The molecule has 2 heterocycles. The van der Waals surface area contributed by atoms with Gasteiger partial charge in [0.05, 0.1) is 0 Å². The predicted molar refractivity (Wildman–Crippen MR) is 80.9 cm³/mol. The smallest absolute Gasteiger partial charge is 0.356 e. The quantitative estimate of drug-likeness (QED) is 0.731. The van der Waals surface area contributed by atoms with Crippen LogP contribution in [0.2, 0.25) is 0 Å². The summed E-state index contributed by atoms with van der Waals surface area (Å²) < 4.78 is 7.06. The highest BCUT2D eigenvalue weighted by molar-refractivity contribution is 5.92. The van der Waals surface area contributed by atoms with E-state index in [1.165, 1.54) is 0 Å². The average Bonchev–Trinajstić information content (AvgIpc) is 2.80. The molecule has 0 spiro atoms. The molecule has 0 aliphatic heterocycles. The lowest BCUT2D eigenvalue weighted by molar-refractivity contribution is 0.0690.